The van der Waals surface area contributed by atoms with Crippen LogP contribution in [0.3, 0.4) is 0 Å². The van der Waals surface area contributed by atoms with Crippen LogP contribution in [-0.2, 0) is 0 Å². The smallest absolute Gasteiger partial charge is 0.329 e. The Morgan fingerprint density at radius 1 is 0.176 bits per heavy atom. The molecule has 0 saturated heterocycles. The van der Waals surface area contributed by atoms with Gasteiger partial charge in [-0.15, -0.1) is 0 Å². The van der Waals surface area contributed by atoms with Gasteiger partial charge in [-0.3, -0.25) is 0 Å². The first-order valence-corrected chi connectivity index (χ1v) is 34.0. The number of hydrogen-bond acceptors (Lipinski definition) is 3. The second-order valence-electron chi connectivity index (χ2n) is 25.3. The average Bonchev–Trinajstić information content (AvgIpc) is 0.726. The molecule has 7 heteroatoms. The van der Waals surface area contributed by atoms with Gasteiger partial charge in [-0.25, -0.2) is 0 Å². The highest BCUT2D eigenvalue weighted by Crippen LogP contribution is 2.50. The molecule has 14 aromatic rings. The van der Waals surface area contributed by atoms with Crippen LogP contribution in [0.15, 0.2) is 328 Å². The molecule has 0 unspecified atom stereocenters. The van der Waals surface area contributed by atoms with Crippen LogP contribution in [0.5, 0.6) is 0 Å². The Morgan fingerprint density at radius 3 is 0.879 bits per heavy atom. The summed E-state index contributed by atoms with van der Waals surface area (Å²) in [5, 5.41) is 5.42. The number of hydrogen-bond donors (Lipinski definition) is 0. The maximum Gasteiger partial charge on any atom is 0.329 e. The first-order valence-electron chi connectivity index (χ1n) is 32.0. The second-order valence-corrected chi connectivity index (χ2v) is 29.1. The quantitative estimate of drug-likeness (QED) is 0.126. The second kappa shape index (κ2) is 19.4. The molecule has 0 amide bonds. The van der Waals surface area contributed by atoms with E-state index in [4.69, 9.17) is 0 Å². The van der Waals surface area contributed by atoms with Gasteiger partial charge in [0.1, 0.15) is 0 Å². The predicted octanol–water partition coefficient (Wildman–Crippen LogP) is 13.4. The highest BCUT2D eigenvalue weighted by molar-refractivity contribution is 7.20. The van der Waals surface area contributed by atoms with Crippen molar-refractivity contribution < 1.29 is 0 Å². The molecule has 0 fully saturated rings. The molecule has 3 nitrogen and oxygen atoms in total. The van der Waals surface area contributed by atoms with E-state index in [0.717, 1.165) is 0 Å². The maximum absolute atomic E-state index is 3.16. The molecule has 6 aliphatic rings. The van der Waals surface area contributed by atoms with Crippen molar-refractivity contribution in [2.24, 2.45) is 0 Å². The number of rotatable bonds is 5. The molecule has 0 saturated carbocycles. The summed E-state index contributed by atoms with van der Waals surface area (Å²) in [5.74, 6) is 0. The Labute approximate surface area is 532 Å². The minimum absolute atomic E-state index is 0.00708. The Hall–Kier alpha value is -11.1. The predicted molar refractivity (Wildman–Crippen MR) is 389 cm³/mol. The molecule has 6 heterocycles. The number of anilines is 6. The van der Waals surface area contributed by atoms with Gasteiger partial charge in [-0.05, 0) is 147 Å². The van der Waals surface area contributed by atoms with Crippen LogP contribution in [0.2, 0.25) is 0 Å². The minimum atomic E-state index is -3.16. The average molecular weight is 1170 g/mol. The largest absolute Gasteiger partial charge is 0.376 e. The zero-order valence-corrected chi connectivity index (χ0v) is 50.8. The van der Waals surface area contributed by atoms with Gasteiger partial charge in [0.05, 0.1) is 0 Å². The van der Waals surface area contributed by atoms with Crippen molar-refractivity contribution in [1.29, 1.82) is 0 Å². The first kappa shape index (κ1) is 50.8. The number of benzene rings is 14. The zero-order valence-electron chi connectivity index (χ0n) is 49.8. The fourth-order valence-corrected chi connectivity index (χ4v) is 22.1. The SMILES string of the molecule is c1ccc([Si](c2ccccc2)(c2ccc3c(c2)-c2ccccc2N2B3c3ccccc3-c3ccccc32)c2ccc3c(c2)-c2ccccc2B2c4ccccc4-c4cc(-c5ccc6c(c5)-c5ccccc5N5B6c6ccccc6-c6ccccc65)ccc4N23)cc1. The molecule has 0 aromatic heterocycles. The van der Waals surface area contributed by atoms with Crippen molar-refractivity contribution in [2.45, 2.75) is 0 Å². The molecule has 0 radical (unpaired) electrons. The van der Waals surface area contributed by atoms with E-state index < -0.39 is 8.07 Å². The van der Waals surface area contributed by atoms with Crippen LogP contribution in [0.4, 0.5) is 34.1 Å². The summed E-state index contributed by atoms with van der Waals surface area (Å²) in [5.41, 5.74) is 33.2. The fraction of sp³-hybridized carbons (Fsp3) is 0. The van der Waals surface area contributed by atoms with Crippen LogP contribution in [-0.4, -0.2) is 28.6 Å². The molecule has 418 valence electrons. The minimum Gasteiger partial charge on any atom is -0.376 e. The van der Waals surface area contributed by atoms with Crippen LogP contribution in [0.25, 0.3) is 77.9 Å². The molecule has 91 heavy (non-hydrogen) atoms. The van der Waals surface area contributed by atoms with E-state index in [1.54, 1.807) is 0 Å². The van der Waals surface area contributed by atoms with E-state index in [-0.39, 0.29) is 20.5 Å². The lowest BCUT2D eigenvalue weighted by Crippen LogP contribution is -2.75. The highest BCUT2D eigenvalue weighted by Gasteiger charge is 2.49. The van der Waals surface area contributed by atoms with Gasteiger partial charge < -0.3 is 14.4 Å². The molecule has 0 N–H and O–H groups in total. The molecule has 0 aliphatic carbocycles. The van der Waals surface area contributed by atoms with E-state index >= 15 is 0 Å². The first-order chi connectivity index (χ1) is 45.2. The standard InChI is InChI=1S/C84H54B3N3Si/c1-3-23-57(24-4-1)91(58-25-5-2-6-26-58,59-45-48-78-70(53-59)68-34-14-22-42-82(68)89-80-40-20-12-32-66(80)62-28-8-16-36-74(62)87(78)89)60-46-50-84-72(54-60)64-30-10-18-38-76(64)85-75-37-17-9-29-63(75)71-52-56(44-49-83(71)90(84)85)55-43-47-77-69(51-55)67-33-13-21-41-81(67)88-79-39-19-11-31-65(79)61-27-7-15-35-73(61)86(77)88/h1-54H. The van der Waals surface area contributed by atoms with Gasteiger partial charge in [-0.1, -0.05) is 279 Å². The zero-order chi connectivity index (χ0) is 59.5. The molecule has 0 spiro atoms. The maximum atomic E-state index is 2.68. The summed E-state index contributed by atoms with van der Waals surface area (Å²) in [4.78, 5) is 7.86. The van der Waals surface area contributed by atoms with Crippen molar-refractivity contribution in [3.8, 4) is 77.9 Å². The fourth-order valence-electron chi connectivity index (χ4n) is 17.3. The van der Waals surface area contributed by atoms with Crippen LogP contribution in [0.1, 0.15) is 0 Å². The number of fused-ring (bicyclic) bond motifs is 33. The van der Waals surface area contributed by atoms with Gasteiger partial charge in [0, 0.05) is 67.5 Å². The van der Waals surface area contributed by atoms with Crippen LogP contribution >= 0.6 is 0 Å². The van der Waals surface area contributed by atoms with Crippen molar-refractivity contribution >= 4 is 116 Å². The normalized spacial score (nSPS) is 13.6. The van der Waals surface area contributed by atoms with Crippen molar-refractivity contribution in [3.63, 3.8) is 0 Å². The molecule has 14 aromatic carbocycles. The summed E-state index contributed by atoms with van der Waals surface area (Å²) in [6.45, 7) is 0.0234. The van der Waals surface area contributed by atoms with E-state index in [0.29, 0.717) is 0 Å². The topological polar surface area (TPSA) is 9.72 Å². The van der Waals surface area contributed by atoms with Crippen molar-refractivity contribution in [3.05, 3.63) is 328 Å². The molecule has 6 aliphatic heterocycles. The number of para-hydroxylation sites is 4. The van der Waals surface area contributed by atoms with Crippen LogP contribution < -0.4 is 68.0 Å². The Bertz CT molecular complexity index is 5360. The van der Waals surface area contributed by atoms with E-state index in [9.17, 15) is 0 Å². The third-order valence-corrected chi connectivity index (χ3v) is 25.8. The lowest BCUT2D eigenvalue weighted by Gasteiger charge is -2.45. The van der Waals surface area contributed by atoms with E-state index in [2.05, 4.69) is 342 Å². The summed E-state index contributed by atoms with van der Waals surface area (Å²) >= 11 is 0. The monoisotopic (exact) mass is 1170 g/mol. The molecular weight excluding hydrogens is 1110 g/mol. The lowest BCUT2D eigenvalue weighted by molar-refractivity contribution is 1.35. The van der Waals surface area contributed by atoms with Crippen molar-refractivity contribution in [1.82, 2.24) is 0 Å². The molecule has 20 rings (SSSR count). The lowest BCUT2D eigenvalue weighted by atomic mass is 9.43. The number of nitrogens with zero attached hydrogens (tertiary/aromatic N) is 3. The van der Waals surface area contributed by atoms with Gasteiger partial charge in [0.25, 0.3) is 0 Å². The van der Waals surface area contributed by atoms with Crippen LogP contribution in [0, 0.1) is 0 Å². The highest BCUT2D eigenvalue weighted by atomic mass is 28.3. The van der Waals surface area contributed by atoms with Gasteiger partial charge in [0.2, 0.25) is 0 Å². The molecule has 0 bridgehead atoms. The van der Waals surface area contributed by atoms with Gasteiger partial charge in [0.15, 0.2) is 8.07 Å². The van der Waals surface area contributed by atoms with Gasteiger partial charge >= 0.3 is 20.5 Å². The Morgan fingerprint density at radius 2 is 0.440 bits per heavy atom. The Balaban J connectivity index is 0.763. The third-order valence-electron chi connectivity index (χ3n) is 21.0. The summed E-state index contributed by atoms with van der Waals surface area (Å²) in [7, 11) is -3.16. The molecule has 0 atom stereocenters. The van der Waals surface area contributed by atoms with E-state index in [1.165, 1.54) is 166 Å². The Kier molecular flexibility index (Phi) is 10.9. The summed E-state index contributed by atoms with van der Waals surface area (Å²) < 4.78 is 0. The summed E-state index contributed by atoms with van der Waals surface area (Å²) in [6.07, 6.45) is 0. The third kappa shape index (κ3) is 7.07. The van der Waals surface area contributed by atoms with Crippen molar-refractivity contribution in [2.75, 3.05) is 14.4 Å². The molecular formula is C84H54B3N3Si. The summed E-state index contributed by atoms with van der Waals surface area (Å²) in [6, 6.07) is 125. The van der Waals surface area contributed by atoms with Gasteiger partial charge in [-0.2, -0.15) is 0 Å². The van der Waals surface area contributed by atoms with E-state index in [1.807, 2.05) is 0 Å².